The third-order valence-electron chi connectivity index (χ3n) is 4.39. The summed E-state index contributed by atoms with van der Waals surface area (Å²) in [5, 5.41) is 49.3. The number of aromatic hydroxyl groups is 2. The van der Waals surface area contributed by atoms with Gasteiger partial charge in [-0.05, 0) is 48.5 Å². The second kappa shape index (κ2) is 15.2. The second-order valence-corrected chi connectivity index (χ2v) is 6.93. The van der Waals surface area contributed by atoms with Crippen molar-refractivity contribution in [3.8, 4) is 11.5 Å². The van der Waals surface area contributed by atoms with Gasteiger partial charge < -0.3 is 20.4 Å². The van der Waals surface area contributed by atoms with Crippen molar-refractivity contribution in [1.82, 2.24) is 9.97 Å². The maximum absolute atomic E-state index is 9.53. The first-order valence-corrected chi connectivity index (χ1v) is 10.6. The van der Waals surface area contributed by atoms with Crippen LogP contribution in [0.2, 0.25) is 0 Å². The fourth-order valence-electron chi connectivity index (χ4n) is 2.65. The summed E-state index contributed by atoms with van der Waals surface area (Å²) in [7, 11) is 0. The molecular weight excluding hydrogens is 524 g/mol. The summed E-state index contributed by atoms with van der Waals surface area (Å²) < 4.78 is 0. The number of benzene rings is 2. The largest absolute Gasteiger partial charge is 2.00 e. The van der Waals surface area contributed by atoms with Crippen molar-refractivity contribution < 1.29 is 37.5 Å². The van der Waals surface area contributed by atoms with Crippen LogP contribution in [-0.2, 0) is 17.1 Å². The Morgan fingerprint density at radius 3 is 1.32 bits per heavy atom. The Hall–Kier alpha value is -4.86. The molecule has 0 aliphatic heterocycles. The maximum atomic E-state index is 9.53. The Balaban J connectivity index is 0.000000253. The second-order valence-electron chi connectivity index (χ2n) is 6.93. The average molecular weight is 548 g/mol. The van der Waals surface area contributed by atoms with E-state index in [1.54, 1.807) is 73.1 Å². The molecule has 6 N–H and O–H groups in total. The standard InChI is InChI=1S/2C13H11N3O2.Cu/c2*17-12-7-2-1-6-11(12)13(18)16-15-9-10-5-3-4-8-14-10;/h2*1-9,17H,(H,16,18);/q;;+2/p+2. The first kappa shape index (κ1) is 28.4. The van der Waals surface area contributed by atoms with Crippen LogP contribution < -0.4 is 0 Å². The number of nitrogens with zero attached hydrogens (tertiary/aromatic N) is 6. The molecule has 11 heteroatoms. The van der Waals surface area contributed by atoms with E-state index in [-0.39, 0.29) is 40.4 Å². The van der Waals surface area contributed by atoms with Crippen LogP contribution in [0.4, 0.5) is 0 Å². The Kier molecular flexibility index (Phi) is 11.7. The van der Waals surface area contributed by atoms with Gasteiger partial charge in [-0.25, -0.2) is 0 Å². The Labute approximate surface area is 223 Å². The van der Waals surface area contributed by atoms with Gasteiger partial charge in [-0.2, -0.15) is 0 Å². The molecule has 0 amide bonds. The number of hydrogen-bond acceptors (Lipinski definition) is 8. The molecule has 0 spiro atoms. The van der Waals surface area contributed by atoms with Gasteiger partial charge in [0, 0.05) is 12.4 Å². The van der Waals surface area contributed by atoms with Crippen LogP contribution in [-0.4, -0.2) is 54.6 Å². The molecule has 0 aliphatic rings. The van der Waals surface area contributed by atoms with E-state index < -0.39 is 0 Å². The SMILES string of the molecule is Oc1ccccc1/C([OH2+])=N/N=Cc1ccccn1.Oc1ccccc1/C([OH2+])=N/N=Cc1ccccn1.[Cu+2]. The molecule has 10 nitrogen and oxygen atoms in total. The summed E-state index contributed by atoms with van der Waals surface area (Å²) in [4.78, 5) is 8.07. The molecule has 2 aromatic carbocycles. The number of rotatable bonds is 6. The molecule has 0 saturated heterocycles. The molecule has 4 rings (SSSR count). The van der Waals surface area contributed by atoms with Crippen LogP contribution in [0.15, 0.2) is 118 Å². The normalized spacial score (nSPS) is 11.6. The minimum Gasteiger partial charge on any atom is -0.577 e. The zero-order valence-electron chi connectivity index (χ0n) is 19.3. The quantitative estimate of drug-likeness (QED) is 0.125. The van der Waals surface area contributed by atoms with E-state index in [9.17, 15) is 10.2 Å². The smallest absolute Gasteiger partial charge is 0.577 e. The third-order valence-corrected chi connectivity index (χ3v) is 4.39. The fourth-order valence-corrected chi connectivity index (χ4v) is 2.65. The van der Waals surface area contributed by atoms with E-state index in [2.05, 4.69) is 30.4 Å². The number of phenolic OH excluding ortho intramolecular Hbond substituents is 2. The Morgan fingerprint density at radius 1 is 0.595 bits per heavy atom. The van der Waals surface area contributed by atoms with E-state index in [1.807, 2.05) is 12.1 Å². The van der Waals surface area contributed by atoms with Crippen molar-refractivity contribution in [1.29, 1.82) is 0 Å². The topological polar surface area (TPSA) is 161 Å². The van der Waals surface area contributed by atoms with Crippen LogP contribution >= 0.6 is 0 Å². The first-order chi connectivity index (χ1) is 17.5. The van der Waals surface area contributed by atoms with Gasteiger partial charge in [0.25, 0.3) is 0 Å². The molecule has 0 atom stereocenters. The van der Waals surface area contributed by atoms with Crippen LogP contribution in [0.5, 0.6) is 11.5 Å². The predicted molar refractivity (Wildman–Crippen MR) is 140 cm³/mol. The minimum atomic E-state index is -0.0970. The molecule has 0 unspecified atom stereocenters. The molecule has 4 aromatic rings. The van der Waals surface area contributed by atoms with E-state index >= 15 is 0 Å². The molecule has 2 aromatic heterocycles. The predicted octanol–water partition coefficient (Wildman–Crippen LogP) is 2.58. The summed E-state index contributed by atoms with van der Waals surface area (Å²) in [6.07, 6.45) is 6.20. The van der Waals surface area contributed by atoms with Gasteiger partial charge in [0.2, 0.25) is 0 Å². The molecule has 189 valence electrons. The van der Waals surface area contributed by atoms with Crippen molar-refractivity contribution in [3.05, 3.63) is 120 Å². The summed E-state index contributed by atoms with van der Waals surface area (Å²) in [6.45, 7) is 0. The number of aromatic nitrogens is 2. The zero-order chi connectivity index (χ0) is 25.6. The molecule has 2 heterocycles. The molecule has 0 aliphatic carbocycles. The maximum Gasteiger partial charge on any atom is 2.00 e. The van der Waals surface area contributed by atoms with Crippen molar-refractivity contribution >= 4 is 24.2 Å². The molecular formula is C26H24CuN6O4+4. The number of phenols is 2. The van der Waals surface area contributed by atoms with Crippen molar-refractivity contribution in [3.63, 3.8) is 0 Å². The van der Waals surface area contributed by atoms with Crippen molar-refractivity contribution in [2.45, 2.75) is 0 Å². The molecule has 0 fully saturated rings. The summed E-state index contributed by atoms with van der Waals surface area (Å²) >= 11 is 0. The van der Waals surface area contributed by atoms with Gasteiger partial charge in [-0.3, -0.25) is 9.97 Å². The van der Waals surface area contributed by atoms with Crippen LogP contribution in [0, 0.1) is 0 Å². The minimum absolute atomic E-state index is 0. The van der Waals surface area contributed by atoms with Crippen molar-refractivity contribution in [2.75, 3.05) is 0 Å². The monoisotopic (exact) mass is 547 g/mol. The Morgan fingerprint density at radius 2 is 0.973 bits per heavy atom. The fraction of sp³-hybridized carbons (Fsp3) is 0. The number of para-hydroxylation sites is 2. The van der Waals surface area contributed by atoms with Crippen molar-refractivity contribution in [2.24, 2.45) is 20.4 Å². The molecule has 1 radical (unpaired) electrons. The number of pyridine rings is 2. The first-order valence-electron chi connectivity index (χ1n) is 10.6. The summed E-state index contributed by atoms with van der Waals surface area (Å²) in [6, 6.07) is 23.9. The van der Waals surface area contributed by atoms with E-state index in [1.165, 1.54) is 24.6 Å². The van der Waals surface area contributed by atoms with Gasteiger partial charge in [-0.1, -0.05) is 46.6 Å². The van der Waals surface area contributed by atoms with E-state index in [0.717, 1.165) is 0 Å². The average Bonchev–Trinajstić information content (AvgIpc) is 2.91. The zero-order valence-corrected chi connectivity index (χ0v) is 20.2. The Bertz CT molecular complexity index is 1270. The summed E-state index contributed by atoms with van der Waals surface area (Å²) in [5.41, 5.74) is 2.00. The number of hydrogen-bond donors (Lipinski definition) is 2. The molecule has 0 bridgehead atoms. The van der Waals surface area contributed by atoms with E-state index in [4.69, 9.17) is 10.2 Å². The van der Waals surface area contributed by atoms with Gasteiger partial charge in [0.1, 0.15) is 22.6 Å². The van der Waals surface area contributed by atoms with E-state index in [0.29, 0.717) is 22.5 Å². The third kappa shape index (κ3) is 9.36. The van der Waals surface area contributed by atoms with Gasteiger partial charge in [-0.15, -0.1) is 10.2 Å². The van der Waals surface area contributed by atoms with Crippen LogP contribution in [0.3, 0.4) is 0 Å². The van der Waals surface area contributed by atoms with Crippen LogP contribution in [0.1, 0.15) is 22.5 Å². The molecule has 37 heavy (non-hydrogen) atoms. The summed E-state index contributed by atoms with van der Waals surface area (Å²) in [5.74, 6) is -0.167. The van der Waals surface area contributed by atoms with Gasteiger partial charge >= 0.3 is 28.9 Å². The van der Waals surface area contributed by atoms with Gasteiger partial charge in [0.05, 0.1) is 23.8 Å². The van der Waals surface area contributed by atoms with Crippen LogP contribution in [0.25, 0.3) is 0 Å². The van der Waals surface area contributed by atoms with Gasteiger partial charge in [0.15, 0.2) is 0 Å². The molecule has 0 saturated carbocycles.